The molecule has 1 atom stereocenters. The molecule has 0 aliphatic heterocycles. The second-order valence-corrected chi connectivity index (χ2v) is 4.36. The summed E-state index contributed by atoms with van der Waals surface area (Å²) in [6.07, 6.45) is 0.670. The molecule has 3 nitrogen and oxygen atoms in total. The Bertz CT molecular complexity index is 521. The van der Waals surface area contributed by atoms with Crippen LogP contribution >= 0.6 is 0 Å². The minimum absolute atomic E-state index is 0.271. The summed E-state index contributed by atoms with van der Waals surface area (Å²) in [4.78, 5) is 11.9. The average molecular weight is 300 g/mol. The van der Waals surface area contributed by atoms with E-state index in [1.165, 1.54) is 0 Å². The van der Waals surface area contributed by atoms with Crippen molar-refractivity contribution in [3.05, 3.63) is 84.4 Å². The molecule has 0 aromatic heterocycles. The Labute approximate surface area is 132 Å². The number of ether oxygens (including phenoxy) is 1. The van der Waals surface area contributed by atoms with Gasteiger partial charge in [0, 0.05) is 19.8 Å². The quantitative estimate of drug-likeness (QED) is 0.687. The van der Waals surface area contributed by atoms with E-state index in [0.717, 1.165) is 0 Å². The molecule has 0 saturated carbocycles. The second-order valence-electron chi connectivity index (χ2n) is 4.36. The molecule has 0 heterocycles. The lowest BCUT2D eigenvalue weighted by Crippen LogP contribution is -2.11. The minimum atomic E-state index is -1.08. The maximum absolute atomic E-state index is 11.9. The normalized spacial score (nSPS) is 10.2. The summed E-state index contributed by atoms with van der Waals surface area (Å²) in [5, 5.41) is 9.89. The first kappa shape index (κ1) is 19.8. The fourth-order valence-corrected chi connectivity index (χ4v) is 1.55. The number of benzene rings is 2. The van der Waals surface area contributed by atoms with E-state index in [9.17, 15) is 9.90 Å². The molecular weight excluding hydrogens is 276 g/mol. The Balaban J connectivity index is 0.000000639. The van der Waals surface area contributed by atoms with Crippen molar-refractivity contribution in [2.75, 3.05) is 14.2 Å². The van der Waals surface area contributed by atoms with Gasteiger partial charge in [0.05, 0.1) is 0 Å². The van der Waals surface area contributed by atoms with Crippen LogP contribution in [0, 0.1) is 0 Å². The maximum Gasteiger partial charge on any atom is 0.195 e. The van der Waals surface area contributed by atoms with Crippen LogP contribution in [0.25, 0.3) is 0 Å². The van der Waals surface area contributed by atoms with Gasteiger partial charge in [0.2, 0.25) is 0 Å². The number of methoxy groups -OCH3 is 1. The Morgan fingerprint density at radius 2 is 1.41 bits per heavy atom. The summed E-state index contributed by atoms with van der Waals surface area (Å²) in [5.74, 6) is -0.271. The molecule has 2 aromatic carbocycles. The van der Waals surface area contributed by atoms with E-state index in [1.807, 2.05) is 19.1 Å². The molecule has 0 amide bonds. The summed E-state index contributed by atoms with van der Waals surface area (Å²) in [7, 11) is 3.25. The van der Waals surface area contributed by atoms with E-state index >= 15 is 0 Å². The highest BCUT2D eigenvalue weighted by Crippen LogP contribution is 2.17. The molecule has 22 heavy (non-hydrogen) atoms. The molecule has 2 aromatic rings. The number of aliphatic hydroxyl groups excluding tert-OH is 1. The van der Waals surface area contributed by atoms with Gasteiger partial charge in [-0.15, -0.1) is 6.58 Å². The number of hydrogen-bond donors (Lipinski definition) is 1. The van der Waals surface area contributed by atoms with Crippen LogP contribution in [-0.4, -0.2) is 25.1 Å². The van der Waals surface area contributed by atoms with E-state index in [1.54, 1.807) is 68.8 Å². The zero-order chi connectivity index (χ0) is 16.8. The predicted octanol–water partition coefficient (Wildman–Crippen LogP) is 4.06. The molecular formula is C19H24O3. The lowest BCUT2D eigenvalue weighted by atomic mass is 10.0. The highest BCUT2D eigenvalue weighted by atomic mass is 16.4. The summed E-state index contributed by atoms with van der Waals surface area (Å²) in [6.45, 7) is 5.25. The third kappa shape index (κ3) is 7.53. The fraction of sp³-hybridized carbons (Fsp3) is 0.211. The van der Waals surface area contributed by atoms with E-state index in [-0.39, 0.29) is 5.78 Å². The zero-order valence-corrected chi connectivity index (χ0v) is 13.4. The molecule has 0 bridgehead atoms. The average Bonchev–Trinajstić information content (AvgIpc) is 2.56. The van der Waals surface area contributed by atoms with Crippen molar-refractivity contribution in [3.63, 3.8) is 0 Å². The van der Waals surface area contributed by atoms with Crippen molar-refractivity contribution >= 4 is 5.78 Å². The van der Waals surface area contributed by atoms with E-state index in [0.29, 0.717) is 11.1 Å². The van der Waals surface area contributed by atoms with Crippen LogP contribution in [0.4, 0.5) is 0 Å². The first-order chi connectivity index (χ1) is 10.6. The van der Waals surface area contributed by atoms with Crippen molar-refractivity contribution < 1.29 is 14.6 Å². The molecule has 0 fully saturated rings. The van der Waals surface area contributed by atoms with Gasteiger partial charge in [-0.25, -0.2) is 0 Å². The Morgan fingerprint density at radius 3 is 1.82 bits per heavy atom. The van der Waals surface area contributed by atoms with Crippen molar-refractivity contribution in [2.24, 2.45) is 0 Å². The van der Waals surface area contributed by atoms with Crippen molar-refractivity contribution in [2.45, 2.75) is 13.0 Å². The van der Waals surface area contributed by atoms with Crippen LogP contribution < -0.4 is 0 Å². The molecule has 3 heteroatoms. The molecule has 0 spiro atoms. The van der Waals surface area contributed by atoms with Crippen molar-refractivity contribution in [3.8, 4) is 0 Å². The number of rotatable bonds is 3. The number of carbonyl (C=O) groups excluding carboxylic acids is 1. The van der Waals surface area contributed by atoms with E-state index in [4.69, 9.17) is 0 Å². The molecule has 2 rings (SSSR count). The van der Waals surface area contributed by atoms with E-state index < -0.39 is 6.10 Å². The largest absolute Gasteiger partial charge is 0.388 e. The number of Topliss-reactive ketones (excluding diaryl/α,β-unsaturated/α-hetero) is 1. The van der Waals surface area contributed by atoms with Crippen LogP contribution in [0.5, 0.6) is 0 Å². The van der Waals surface area contributed by atoms with Crippen molar-refractivity contribution in [1.29, 1.82) is 0 Å². The Kier molecular flexibility index (Phi) is 11.2. The van der Waals surface area contributed by atoms with Gasteiger partial charge in [0.15, 0.2) is 5.78 Å². The molecule has 0 saturated heterocycles. The molecule has 0 aliphatic carbocycles. The molecule has 1 N–H and O–H groups in total. The van der Waals surface area contributed by atoms with Gasteiger partial charge in [-0.2, -0.15) is 0 Å². The van der Waals surface area contributed by atoms with Crippen LogP contribution in [-0.2, 0) is 4.74 Å². The van der Waals surface area contributed by atoms with Gasteiger partial charge < -0.3 is 9.84 Å². The van der Waals surface area contributed by atoms with Crippen LogP contribution in [0.15, 0.2) is 73.3 Å². The topological polar surface area (TPSA) is 46.5 Å². The molecule has 1 unspecified atom stereocenters. The second kappa shape index (κ2) is 12.5. The van der Waals surface area contributed by atoms with Gasteiger partial charge in [0.1, 0.15) is 6.10 Å². The van der Waals surface area contributed by atoms with Gasteiger partial charge in [-0.3, -0.25) is 4.79 Å². The molecule has 118 valence electrons. The minimum Gasteiger partial charge on any atom is -0.388 e. The molecule has 0 aliphatic rings. The Hall–Kier alpha value is -2.23. The summed E-state index contributed by atoms with van der Waals surface area (Å²) in [5.41, 5.74) is 1.15. The number of carbonyl (C=O) groups is 1. The van der Waals surface area contributed by atoms with Crippen LogP contribution in [0.1, 0.15) is 28.9 Å². The summed E-state index contributed by atoms with van der Waals surface area (Å²) < 4.78 is 4.25. The lowest BCUT2D eigenvalue weighted by molar-refractivity contribution is 0.0747. The number of ketones is 1. The highest BCUT2D eigenvalue weighted by molar-refractivity contribution is 5.99. The monoisotopic (exact) mass is 300 g/mol. The van der Waals surface area contributed by atoms with Gasteiger partial charge in [-0.1, -0.05) is 66.7 Å². The van der Waals surface area contributed by atoms with Gasteiger partial charge >= 0.3 is 0 Å². The predicted molar refractivity (Wildman–Crippen MR) is 91.0 cm³/mol. The summed E-state index contributed by atoms with van der Waals surface area (Å²) >= 11 is 0. The van der Waals surface area contributed by atoms with Crippen LogP contribution in [0.2, 0.25) is 0 Å². The zero-order valence-electron chi connectivity index (χ0n) is 13.4. The standard InChI is InChI=1S/C14H12O2.C3H6.C2H6O/c15-13(11-7-3-1-4-8-11)14(16)12-9-5-2-6-10-12;2*1-3-2/h1-10,13,15H;3H,1H2,2H3;1-2H3. The summed E-state index contributed by atoms with van der Waals surface area (Å²) in [6, 6.07) is 17.7. The van der Waals surface area contributed by atoms with E-state index in [2.05, 4.69) is 11.3 Å². The highest BCUT2D eigenvalue weighted by Gasteiger charge is 2.18. The first-order valence-corrected chi connectivity index (χ1v) is 6.91. The molecule has 0 radical (unpaired) electrons. The number of hydrogen-bond acceptors (Lipinski definition) is 3. The van der Waals surface area contributed by atoms with Crippen molar-refractivity contribution in [1.82, 2.24) is 0 Å². The number of allylic oxidation sites excluding steroid dienone is 1. The maximum atomic E-state index is 11.9. The van der Waals surface area contributed by atoms with Crippen LogP contribution in [0.3, 0.4) is 0 Å². The number of aliphatic hydroxyl groups is 1. The Morgan fingerprint density at radius 1 is 1.05 bits per heavy atom. The van der Waals surface area contributed by atoms with Gasteiger partial charge in [0.25, 0.3) is 0 Å². The SMILES string of the molecule is C=CC.COC.O=C(c1ccccc1)C(O)c1ccccc1. The fourth-order valence-electron chi connectivity index (χ4n) is 1.55. The van der Waals surface area contributed by atoms with Gasteiger partial charge in [-0.05, 0) is 12.5 Å². The third-order valence-corrected chi connectivity index (χ3v) is 2.42. The lowest BCUT2D eigenvalue weighted by Gasteiger charge is -2.09. The third-order valence-electron chi connectivity index (χ3n) is 2.42. The smallest absolute Gasteiger partial charge is 0.195 e. The first-order valence-electron chi connectivity index (χ1n) is 6.91.